The largest absolute Gasteiger partial charge is 0.423 e. The van der Waals surface area contributed by atoms with Gasteiger partial charge in [0.1, 0.15) is 11.3 Å². The molecule has 0 bridgehead atoms. The Morgan fingerprint density at radius 1 is 0.810 bits per heavy atom. The molecule has 110 valence electrons. The van der Waals surface area contributed by atoms with Crippen LogP contribution in [-0.4, -0.2) is 5.97 Å². The first-order valence-corrected chi connectivity index (χ1v) is 5.70. The summed E-state index contributed by atoms with van der Waals surface area (Å²) in [5.74, 6) is -13.2. The molecular formula is C13H4ClF5O2. The highest BCUT2D eigenvalue weighted by molar-refractivity contribution is 6.30. The number of halogens is 6. The Balaban J connectivity index is 2.42. The Kier molecular flexibility index (Phi) is 4.13. The molecule has 0 atom stereocenters. The fraction of sp³-hybridized carbons (Fsp3) is 0. The van der Waals surface area contributed by atoms with Gasteiger partial charge in [0, 0.05) is 5.02 Å². The van der Waals surface area contributed by atoms with E-state index in [9.17, 15) is 26.7 Å². The first kappa shape index (κ1) is 15.2. The van der Waals surface area contributed by atoms with Crippen molar-refractivity contribution in [2.45, 2.75) is 0 Å². The molecule has 0 saturated carbocycles. The minimum absolute atomic E-state index is 0.173. The number of benzene rings is 2. The average molecular weight is 323 g/mol. The highest BCUT2D eigenvalue weighted by atomic mass is 35.5. The average Bonchev–Trinajstić information content (AvgIpc) is 2.46. The van der Waals surface area contributed by atoms with Gasteiger partial charge in [-0.25, -0.2) is 26.7 Å². The van der Waals surface area contributed by atoms with Gasteiger partial charge in [-0.05, 0) is 24.3 Å². The Morgan fingerprint density at radius 3 is 1.71 bits per heavy atom. The molecule has 2 aromatic carbocycles. The number of hydrogen-bond donors (Lipinski definition) is 0. The SMILES string of the molecule is O=C(Oc1ccc(Cl)cc1)c1c(F)c(F)c(F)c(F)c1F. The highest BCUT2D eigenvalue weighted by Gasteiger charge is 2.30. The lowest BCUT2D eigenvalue weighted by molar-refractivity contribution is 0.0721. The van der Waals surface area contributed by atoms with Gasteiger partial charge in [0.15, 0.2) is 23.3 Å². The van der Waals surface area contributed by atoms with Crippen LogP contribution in [-0.2, 0) is 0 Å². The van der Waals surface area contributed by atoms with Crippen molar-refractivity contribution in [1.82, 2.24) is 0 Å². The fourth-order valence-corrected chi connectivity index (χ4v) is 1.57. The molecule has 0 N–H and O–H groups in total. The molecule has 0 radical (unpaired) electrons. The molecule has 0 aliphatic heterocycles. The summed E-state index contributed by atoms with van der Waals surface area (Å²) in [4.78, 5) is 11.6. The highest BCUT2D eigenvalue weighted by Crippen LogP contribution is 2.25. The molecule has 0 heterocycles. The van der Waals surface area contributed by atoms with Crippen molar-refractivity contribution in [3.05, 3.63) is 63.9 Å². The number of hydrogen-bond acceptors (Lipinski definition) is 2. The molecule has 21 heavy (non-hydrogen) atoms. The molecule has 0 saturated heterocycles. The Bertz CT molecular complexity index is 686. The molecule has 0 amide bonds. The Hall–Kier alpha value is -2.15. The zero-order valence-corrected chi connectivity index (χ0v) is 10.6. The van der Waals surface area contributed by atoms with E-state index in [0.29, 0.717) is 5.02 Å². The van der Waals surface area contributed by atoms with Crippen LogP contribution in [0, 0.1) is 29.1 Å². The van der Waals surface area contributed by atoms with Crippen molar-refractivity contribution in [1.29, 1.82) is 0 Å². The molecule has 2 nitrogen and oxygen atoms in total. The van der Waals surface area contributed by atoms with Gasteiger partial charge in [0.05, 0.1) is 0 Å². The van der Waals surface area contributed by atoms with E-state index in [0.717, 1.165) is 0 Å². The molecule has 0 unspecified atom stereocenters. The topological polar surface area (TPSA) is 26.3 Å². The molecule has 2 rings (SSSR count). The molecule has 0 aromatic heterocycles. The van der Waals surface area contributed by atoms with Crippen LogP contribution >= 0.6 is 11.6 Å². The summed E-state index contributed by atoms with van der Waals surface area (Å²) in [6.45, 7) is 0. The van der Waals surface area contributed by atoms with E-state index >= 15 is 0 Å². The van der Waals surface area contributed by atoms with Gasteiger partial charge in [-0.1, -0.05) is 11.6 Å². The molecule has 0 spiro atoms. The molecule has 0 fully saturated rings. The van der Waals surface area contributed by atoms with Gasteiger partial charge >= 0.3 is 5.97 Å². The Morgan fingerprint density at radius 2 is 1.24 bits per heavy atom. The minimum atomic E-state index is -2.35. The monoisotopic (exact) mass is 322 g/mol. The number of ether oxygens (including phenoxy) is 1. The summed E-state index contributed by atoms with van der Waals surface area (Å²) < 4.78 is 70.1. The van der Waals surface area contributed by atoms with Crippen molar-refractivity contribution in [2.24, 2.45) is 0 Å². The van der Waals surface area contributed by atoms with Gasteiger partial charge in [-0.3, -0.25) is 0 Å². The summed E-state index contributed by atoms with van der Waals surface area (Å²) >= 11 is 5.57. The number of carbonyl (C=O) groups excluding carboxylic acids is 1. The molecule has 2 aromatic rings. The summed E-state index contributed by atoms with van der Waals surface area (Å²) in [5.41, 5.74) is -1.67. The molecule has 0 aliphatic carbocycles. The predicted molar refractivity (Wildman–Crippen MR) is 62.6 cm³/mol. The summed E-state index contributed by atoms with van der Waals surface area (Å²) in [6.07, 6.45) is 0. The number of esters is 1. The first-order valence-electron chi connectivity index (χ1n) is 5.32. The zero-order valence-electron chi connectivity index (χ0n) is 9.89. The summed E-state index contributed by atoms with van der Waals surface area (Å²) in [7, 11) is 0. The van der Waals surface area contributed by atoms with E-state index in [2.05, 4.69) is 4.74 Å². The van der Waals surface area contributed by atoms with Crippen molar-refractivity contribution >= 4 is 17.6 Å². The summed E-state index contributed by atoms with van der Waals surface area (Å²) in [6, 6.07) is 4.99. The molecule has 8 heteroatoms. The van der Waals surface area contributed by atoms with E-state index in [-0.39, 0.29) is 5.75 Å². The standard InChI is InChI=1S/C13H4ClF5O2/c14-5-1-3-6(4-2-5)21-13(20)7-8(15)10(17)12(19)11(18)9(7)16/h1-4H. The number of rotatable bonds is 2. The second-order valence-corrected chi connectivity index (χ2v) is 4.22. The van der Waals surface area contributed by atoms with Gasteiger partial charge in [-0.15, -0.1) is 0 Å². The lowest BCUT2D eigenvalue weighted by Crippen LogP contribution is -2.17. The third-order valence-electron chi connectivity index (χ3n) is 2.44. The van der Waals surface area contributed by atoms with Crippen LogP contribution in [0.3, 0.4) is 0 Å². The zero-order chi connectivity index (χ0) is 15.7. The van der Waals surface area contributed by atoms with Crippen molar-refractivity contribution in [2.75, 3.05) is 0 Å². The van der Waals surface area contributed by atoms with Crippen molar-refractivity contribution < 1.29 is 31.5 Å². The first-order chi connectivity index (χ1) is 9.82. The van der Waals surface area contributed by atoms with Crippen molar-refractivity contribution in [3.8, 4) is 5.75 Å². The normalized spacial score (nSPS) is 10.6. The van der Waals surface area contributed by atoms with E-state index in [1.807, 2.05) is 0 Å². The van der Waals surface area contributed by atoms with Gasteiger partial charge in [0.25, 0.3) is 0 Å². The van der Waals surface area contributed by atoms with Crippen LogP contribution in [0.25, 0.3) is 0 Å². The smallest absolute Gasteiger partial charge is 0.349 e. The van der Waals surface area contributed by atoms with Crippen LogP contribution < -0.4 is 4.74 Å². The van der Waals surface area contributed by atoms with Crippen molar-refractivity contribution in [3.63, 3.8) is 0 Å². The second kappa shape index (κ2) is 5.69. The maximum Gasteiger partial charge on any atom is 0.349 e. The van der Waals surface area contributed by atoms with E-state index in [1.165, 1.54) is 24.3 Å². The van der Waals surface area contributed by atoms with Crippen LogP contribution in [0.2, 0.25) is 5.02 Å². The van der Waals surface area contributed by atoms with E-state index < -0.39 is 40.6 Å². The van der Waals surface area contributed by atoms with E-state index in [4.69, 9.17) is 11.6 Å². The minimum Gasteiger partial charge on any atom is -0.423 e. The van der Waals surface area contributed by atoms with Gasteiger partial charge < -0.3 is 4.74 Å². The fourth-order valence-electron chi connectivity index (χ4n) is 1.44. The van der Waals surface area contributed by atoms with E-state index in [1.54, 1.807) is 0 Å². The van der Waals surface area contributed by atoms with Crippen LogP contribution in [0.1, 0.15) is 10.4 Å². The van der Waals surface area contributed by atoms with Crippen LogP contribution in [0.5, 0.6) is 5.75 Å². The third-order valence-corrected chi connectivity index (χ3v) is 2.69. The lowest BCUT2D eigenvalue weighted by Gasteiger charge is -2.08. The molecular weight excluding hydrogens is 319 g/mol. The quantitative estimate of drug-likeness (QED) is 0.271. The van der Waals surface area contributed by atoms with Gasteiger partial charge in [0.2, 0.25) is 5.82 Å². The predicted octanol–water partition coefficient (Wildman–Crippen LogP) is 4.25. The van der Waals surface area contributed by atoms with Gasteiger partial charge in [-0.2, -0.15) is 0 Å². The molecule has 0 aliphatic rings. The third kappa shape index (κ3) is 2.82. The lowest BCUT2D eigenvalue weighted by atomic mass is 10.1. The summed E-state index contributed by atoms with van der Waals surface area (Å²) in [5, 5.41) is 0.297. The van der Waals surface area contributed by atoms with Crippen LogP contribution in [0.15, 0.2) is 24.3 Å². The Labute approximate surface area is 119 Å². The maximum atomic E-state index is 13.4. The second-order valence-electron chi connectivity index (χ2n) is 3.79. The number of carbonyl (C=O) groups is 1. The van der Waals surface area contributed by atoms with Crippen LogP contribution in [0.4, 0.5) is 22.0 Å². The maximum absolute atomic E-state index is 13.4.